The number of nitrogens with two attached hydrogens (primary N) is 2. The summed E-state index contributed by atoms with van der Waals surface area (Å²) in [7, 11) is 0. The van der Waals surface area contributed by atoms with Gasteiger partial charge < -0.3 is 11.5 Å². The Kier molecular flexibility index (Phi) is 3.53. The Balaban J connectivity index is 2.96. The van der Waals surface area contributed by atoms with Gasteiger partial charge in [-0.3, -0.25) is 0 Å². The zero-order valence-corrected chi connectivity index (χ0v) is 8.77. The highest BCUT2D eigenvalue weighted by Crippen LogP contribution is 2.24. The largest absolute Gasteiger partial charge is 0.329 e. The van der Waals surface area contributed by atoms with Crippen molar-refractivity contribution in [3.05, 3.63) is 33.3 Å². The van der Waals surface area contributed by atoms with Gasteiger partial charge in [-0.05, 0) is 33.6 Å². The van der Waals surface area contributed by atoms with Crippen LogP contribution in [0.5, 0.6) is 0 Å². The number of hydrogen-bond donors (Lipinski definition) is 2. The maximum absolute atomic E-state index is 5.87. The third kappa shape index (κ3) is 2.20. The van der Waals surface area contributed by atoms with Crippen molar-refractivity contribution in [2.24, 2.45) is 11.5 Å². The lowest BCUT2D eigenvalue weighted by atomic mass is 10.1. The molecule has 0 heterocycles. The second-order valence-electron chi connectivity index (χ2n) is 2.52. The highest BCUT2D eigenvalue weighted by Gasteiger charge is 2.05. The molecule has 66 valence electrons. The Morgan fingerprint density at radius 1 is 1.50 bits per heavy atom. The predicted molar refractivity (Wildman–Crippen MR) is 55.1 cm³/mol. The van der Waals surface area contributed by atoms with Gasteiger partial charge in [-0.25, -0.2) is 0 Å². The normalized spacial score (nSPS) is 13.0. The van der Waals surface area contributed by atoms with Gasteiger partial charge >= 0.3 is 0 Å². The van der Waals surface area contributed by atoms with Crippen molar-refractivity contribution in [3.8, 4) is 0 Å². The van der Waals surface area contributed by atoms with Crippen molar-refractivity contribution in [2.75, 3.05) is 6.54 Å². The summed E-state index contributed by atoms with van der Waals surface area (Å²) >= 11 is 9.17. The van der Waals surface area contributed by atoms with Crippen molar-refractivity contribution < 1.29 is 0 Å². The summed E-state index contributed by atoms with van der Waals surface area (Å²) in [4.78, 5) is 0. The molecular formula is C8H10BrClN2. The Bertz CT molecular complexity index is 278. The summed E-state index contributed by atoms with van der Waals surface area (Å²) < 4.78 is 0.872. The molecule has 0 aliphatic rings. The van der Waals surface area contributed by atoms with E-state index < -0.39 is 0 Å². The molecular weight excluding hydrogens is 239 g/mol. The highest BCUT2D eigenvalue weighted by molar-refractivity contribution is 9.10. The molecule has 0 saturated heterocycles. The van der Waals surface area contributed by atoms with E-state index >= 15 is 0 Å². The molecule has 2 nitrogen and oxygen atoms in total. The first-order valence-electron chi connectivity index (χ1n) is 3.55. The molecule has 0 unspecified atom stereocenters. The first-order chi connectivity index (χ1) is 5.65. The van der Waals surface area contributed by atoms with Crippen molar-refractivity contribution in [3.63, 3.8) is 0 Å². The van der Waals surface area contributed by atoms with Gasteiger partial charge in [-0.2, -0.15) is 0 Å². The fourth-order valence-electron chi connectivity index (χ4n) is 0.879. The minimum atomic E-state index is -0.129. The lowest BCUT2D eigenvalue weighted by Crippen LogP contribution is -2.20. The molecule has 0 amide bonds. The van der Waals surface area contributed by atoms with Crippen LogP contribution in [0.1, 0.15) is 11.6 Å². The van der Waals surface area contributed by atoms with E-state index in [1.54, 1.807) is 0 Å². The third-order valence-electron chi connectivity index (χ3n) is 1.63. The molecule has 0 bridgehead atoms. The molecule has 0 spiro atoms. The molecule has 4 N–H and O–H groups in total. The number of hydrogen-bond acceptors (Lipinski definition) is 2. The molecule has 0 fully saturated rings. The van der Waals surface area contributed by atoms with Crippen LogP contribution in [-0.4, -0.2) is 6.54 Å². The fraction of sp³-hybridized carbons (Fsp3) is 0.250. The van der Waals surface area contributed by atoms with Crippen molar-refractivity contribution in [1.82, 2.24) is 0 Å². The predicted octanol–water partition coefficient (Wildman–Crippen LogP) is 2.06. The van der Waals surface area contributed by atoms with Crippen LogP contribution in [-0.2, 0) is 0 Å². The van der Waals surface area contributed by atoms with Crippen LogP contribution in [0.2, 0.25) is 5.02 Å². The minimum absolute atomic E-state index is 0.129. The van der Waals surface area contributed by atoms with E-state index in [9.17, 15) is 0 Å². The minimum Gasteiger partial charge on any atom is -0.329 e. The lowest BCUT2D eigenvalue weighted by Gasteiger charge is -2.09. The molecule has 4 heteroatoms. The standard InChI is InChI=1S/C8H10BrClN2/c9-6-2-1-5(3-7(6)10)8(12)4-11/h1-3,8H,4,11-12H2/t8-/m1/s1. The van der Waals surface area contributed by atoms with Crippen LogP contribution in [0, 0.1) is 0 Å². The number of benzene rings is 1. The second-order valence-corrected chi connectivity index (χ2v) is 3.78. The SMILES string of the molecule is NC[C@@H](N)c1ccc(Br)c(Cl)c1. The Hall–Kier alpha value is -0.0900. The quantitative estimate of drug-likeness (QED) is 0.843. The van der Waals surface area contributed by atoms with Crippen molar-refractivity contribution in [1.29, 1.82) is 0 Å². The van der Waals surface area contributed by atoms with Gasteiger partial charge in [-0.1, -0.05) is 17.7 Å². The molecule has 1 aromatic rings. The van der Waals surface area contributed by atoms with Gasteiger partial charge in [0.15, 0.2) is 0 Å². The van der Waals surface area contributed by atoms with Gasteiger partial charge in [-0.15, -0.1) is 0 Å². The lowest BCUT2D eigenvalue weighted by molar-refractivity contribution is 0.737. The Morgan fingerprint density at radius 3 is 2.67 bits per heavy atom. The zero-order valence-electron chi connectivity index (χ0n) is 6.43. The first kappa shape index (κ1) is 9.99. The summed E-state index contributed by atoms with van der Waals surface area (Å²) in [5.74, 6) is 0. The summed E-state index contributed by atoms with van der Waals surface area (Å²) in [6.07, 6.45) is 0. The molecule has 12 heavy (non-hydrogen) atoms. The van der Waals surface area contributed by atoms with E-state index in [2.05, 4.69) is 15.9 Å². The van der Waals surface area contributed by atoms with Crippen LogP contribution >= 0.6 is 27.5 Å². The molecule has 0 aromatic heterocycles. The van der Waals surface area contributed by atoms with E-state index in [0.717, 1.165) is 10.0 Å². The molecule has 1 aromatic carbocycles. The monoisotopic (exact) mass is 248 g/mol. The van der Waals surface area contributed by atoms with Crippen LogP contribution in [0.15, 0.2) is 22.7 Å². The summed E-state index contributed by atoms with van der Waals surface area (Å²) in [5.41, 5.74) is 12.1. The van der Waals surface area contributed by atoms with Crippen molar-refractivity contribution >= 4 is 27.5 Å². The van der Waals surface area contributed by atoms with E-state index in [4.69, 9.17) is 23.1 Å². The van der Waals surface area contributed by atoms with Gasteiger partial charge in [0.25, 0.3) is 0 Å². The molecule has 1 rings (SSSR count). The van der Waals surface area contributed by atoms with Crippen molar-refractivity contribution in [2.45, 2.75) is 6.04 Å². The van der Waals surface area contributed by atoms with Gasteiger partial charge in [0.1, 0.15) is 0 Å². The maximum atomic E-state index is 5.87. The van der Waals surface area contributed by atoms with Crippen LogP contribution < -0.4 is 11.5 Å². The van der Waals surface area contributed by atoms with E-state index in [1.165, 1.54) is 0 Å². The van der Waals surface area contributed by atoms with Gasteiger partial charge in [0.2, 0.25) is 0 Å². The van der Waals surface area contributed by atoms with Crippen LogP contribution in [0.25, 0.3) is 0 Å². The average molecular weight is 250 g/mol. The van der Waals surface area contributed by atoms with Gasteiger partial charge in [0.05, 0.1) is 5.02 Å². The molecule has 0 aliphatic carbocycles. The third-order valence-corrected chi connectivity index (χ3v) is 2.86. The van der Waals surface area contributed by atoms with E-state index in [-0.39, 0.29) is 6.04 Å². The van der Waals surface area contributed by atoms with E-state index in [1.807, 2.05) is 18.2 Å². The van der Waals surface area contributed by atoms with E-state index in [0.29, 0.717) is 11.6 Å². The zero-order chi connectivity index (χ0) is 9.14. The van der Waals surface area contributed by atoms with Gasteiger partial charge in [0, 0.05) is 17.1 Å². The topological polar surface area (TPSA) is 52.0 Å². The number of halogens is 2. The fourth-order valence-corrected chi connectivity index (χ4v) is 1.31. The first-order valence-corrected chi connectivity index (χ1v) is 4.73. The smallest absolute Gasteiger partial charge is 0.0551 e. The van der Waals surface area contributed by atoms with Crippen LogP contribution in [0.3, 0.4) is 0 Å². The molecule has 0 saturated carbocycles. The summed E-state index contributed by atoms with van der Waals surface area (Å²) in [5, 5.41) is 0.663. The summed E-state index contributed by atoms with van der Waals surface area (Å²) in [6, 6.07) is 5.47. The average Bonchev–Trinajstić information content (AvgIpc) is 2.08. The molecule has 1 atom stereocenters. The molecule has 0 radical (unpaired) electrons. The summed E-state index contributed by atoms with van der Waals surface area (Å²) in [6.45, 7) is 0.429. The second kappa shape index (κ2) is 4.23. The Morgan fingerprint density at radius 2 is 2.17 bits per heavy atom. The highest BCUT2D eigenvalue weighted by atomic mass is 79.9. The number of rotatable bonds is 2. The molecule has 0 aliphatic heterocycles. The Labute approximate surface area is 85.0 Å². The maximum Gasteiger partial charge on any atom is 0.0551 e. The van der Waals surface area contributed by atoms with Crippen LogP contribution in [0.4, 0.5) is 0 Å².